The highest BCUT2D eigenvalue weighted by atomic mass is 35.5. The Bertz CT molecular complexity index is 1010. The van der Waals surface area contributed by atoms with Crippen LogP contribution in [-0.4, -0.2) is 14.8 Å². The van der Waals surface area contributed by atoms with Crippen LogP contribution in [0.25, 0.3) is 0 Å². The summed E-state index contributed by atoms with van der Waals surface area (Å²) in [6.07, 6.45) is 1.73. The van der Waals surface area contributed by atoms with Gasteiger partial charge in [0.15, 0.2) is 11.0 Å². The first kappa shape index (κ1) is 19.9. The number of allylic oxidation sites excluding steroid dienone is 1. The topological polar surface area (TPSA) is 63.7 Å². The Morgan fingerprint density at radius 3 is 2.75 bits per heavy atom. The van der Waals surface area contributed by atoms with Crippen LogP contribution in [-0.2, 0) is 18.9 Å². The third-order valence-corrected chi connectivity index (χ3v) is 5.09. The zero-order valence-corrected chi connectivity index (χ0v) is 16.4. The van der Waals surface area contributed by atoms with Crippen LogP contribution in [0.3, 0.4) is 0 Å². The van der Waals surface area contributed by atoms with Crippen LogP contribution in [0, 0.1) is 17.1 Å². The lowest BCUT2D eigenvalue weighted by Crippen LogP contribution is -2.07. The molecule has 1 aromatic heterocycles. The largest absolute Gasteiger partial charge is 0.486 e. The SMILES string of the molecule is C=CCn1c(COc2ccc(Cl)cc2)nnc1SCc1cc(C#N)ccc1F. The van der Waals surface area contributed by atoms with Crippen molar-refractivity contribution in [2.45, 2.75) is 24.1 Å². The van der Waals surface area contributed by atoms with Crippen molar-refractivity contribution in [3.05, 3.63) is 82.9 Å². The lowest BCUT2D eigenvalue weighted by atomic mass is 10.1. The number of nitrogens with zero attached hydrogens (tertiary/aromatic N) is 4. The van der Waals surface area contributed by atoms with Gasteiger partial charge in [0.05, 0.1) is 11.6 Å². The Labute approximate surface area is 171 Å². The van der Waals surface area contributed by atoms with Gasteiger partial charge in [-0.1, -0.05) is 29.4 Å². The van der Waals surface area contributed by atoms with E-state index in [2.05, 4.69) is 16.8 Å². The van der Waals surface area contributed by atoms with Gasteiger partial charge in [-0.05, 0) is 48.0 Å². The number of benzene rings is 2. The molecule has 28 heavy (non-hydrogen) atoms. The van der Waals surface area contributed by atoms with E-state index in [1.165, 1.54) is 23.9 Å². The van der Waals surface area contributed by atoms with Crippen molar-refractivity contribution in [1.29, 1.82) is 5.26 Å². The number of hydrogen-bond donors (Lipinski definition) is 0. The second-order valence-corrected chi connectivity index (χ2v) is 7.13. The molecule has 5 nitrogen and oxygen atoms in total. The summed E-state index contributed by atoms with van der Waals surface area (Å²) in [4.78, 5) is 0. The minimum Gasteiger partial charge on any atom is -0.486 e. The summed E-state index contributed by atoms with van der Waals surface area (Å²) in [7, 11) is 0. The molecule has 0 radical (unpaired) electrons. The summed E-state index contributed by atoms with van der Waals surface area (Å²) in [5, 5.41) is 18.6. The quantitative estimate of drug-likeness (QED) is 0.383. The summed E-state index contributed by atoms with van der Waals surface area (Å²) in [6, 6.07) is 13.4. The van der Waals surface area contributed by atoms with E-state index in [-0.39, 0.29) is 12.4 Å². The summed E-state index contributed by atoms with van der Waals surface area (Å²) >= 11 is 7.21. The molecule has 1 heterocycles. The van der Waals surface area contributed by atoms with Crippen LogP contribution in [0.5, 0.6) is 5.75 Å². The molecular weight excluding hydrogens is 399 g/mol. The van der Waals surface area contributed by atoms with Gasteiger partial charge in [-0.15, -0.1) is 16.8 Å². The number of hydrogen-bond acceptors (Lipinski definition) is 5. The molecular formula is C20H16ClFN4OS. The average Bonchev–Trinajstić information content (AvgIpc) is 3.09. The van der Waals surface area contributed by atoms with Gasteiger partial charge in [0.1, 0.15) is 18.2 Å². The molecule has 0 saturated heterocycles. The monoisotopic (exact) mass is 414 g/mol. The smallest absolute Gasteiger partial charge is 0.191 e. The molecule has 0 N–H and O–H groups in total. The van der Waals surface area contributed by atoms with E-state index in [1.54, 1.807) is 36.4 Å². The van der Waals surface area contributed by atoms with E-state index in [4.69, 9.17) is 21.6 Å². The van der Waals surface area contributed by atoms with Gasteiger partial charge < -0.3 is 4.74 Å². The van der Waals surface area contributed by atoms with E-state index in [0.29, 0.717) is 45.2 Å². The van der Waals surface area contributed by atoms with Gasteiger partial charge in [0.2, 0.25) is 0 Å². The van der Waals surface area contributed by atoms with Gasteiger partial charge >= 0.3 is 0 Å². The van der Waals surface area contributed by atoms with E-state index < -0.39 is 0 Å². The molecule has 3 rings (SSSR count). The van der Waals surface area contributed by atoms with Crippen molar-refractivity contribution in [3.8, 4) is 11.8 Å². The van der Waals surface area contributed by atoms with E-state index in [1.807, 2.05) is 10.6 Å². The highest BCUT2D eigenvalue weighted by Gasteiger charge is 2.14. The summed E-state index contributed by atoms with van der Waals surface area (Å²) in [5.41, 5.74) is 0.859. The third kappa shape index (κ3) is 4.91. The van der Waals surface area contributed by atoms with Gasteiger partial charge in [-0.2, -0.15) is 5.26 Å². The molecule has 0 unspecified atom stereocenters. The molecule has 0 aliphatic carbocycles. The van der Waals surface area contributed by atoms with Crippen molar-refractivity contribution >= 4 is 23.4 Å². The second-order valence-electron chi connectivity index (χ2n) is 5.75. The fourth-order valence-corrected chi connectivity index (χ4v) is 3.49. The first-order chi connectivity index (χ1) is 13.6. The van der Waals surface area contributed by atoms with Gasteiger partial charge in [-0.3, -0.25) is 4.57 Å². The van der Waals surface area contributed by atoms with Crippen molar-refractivity contribution in [2.24, 2.45) is 0 Å². The zero-order chi connectivity index (χ0) is 19.9. The second kappa shape index (κ2) is 9.40. The molecule has 0 atom stereocenters. The normalized spacial score (nSPS) is 10.5. The molecule has 0 bridgehead atoms. The van der Waals surface area contributed by atoms with Crippen molar-refractivity contribution < 1.29 is 9.13 Å². The molecule has 0 aliphatic rings. The van der Waals surface area contributed by atoms with Crippen molar-refractivity contribution in [2.75, 3.05) is 0 Å². The van der Waals surface area contributed by atoms with E-state index in [9.17, 15) is 4.39 Å². The average molecular weight is 415 g/mol. The molecule has 3 aromatic rings. The third-order valence-electron chi connectivity index (χ3n) is 3.82. The standard InChI is InChI=1S/C20H16ClFN4OS/c1-2-9-26-19(12-27-17-6-4-16(21)5-7-17)24-25-20(26)28-13-15-10-14(11-23)3-8-18(15)22/h2-8,10H,1,9,12-13H2. The minimum absolute atomic E-state index is 0.224. The van der Waals surface area contributed by atoms with Crippen LogP contribution >= 0.6 is 23.4 Å². The number of thioether (sulfide) groups is 1. The predicted octanol–water partition coefficient (Wildman–Crippen LogP) is 5.00. The first-order valence-corrected chi connectivity index (χ1v) is 9.69. The number of rotatable bonds is 8. The van der Waals surface area contributed by atoms with Gasteiger partial charge in [0, 0.05) is 17.3 Å². The number of nitriles is 1. The summed E-state index contributed by atoms with van der Waals surface area (Å²) in [5.74, 6) is 1.27. The fraction of sp³-hybridized carbons (Fsp3) is 0.150. The van der Waals surface area contributed by atoms with E-state index in [0.717, 1.165) is 0 Å². The summed E-state index contributed by atoms with van der Waals surface area (Å²) < 4.78 is 21.6. The minimum atomic E-state index is -0.354. The Morgan fingerprint density at radius 1 is 1.25 bits per heavy atom. The van der Waals surface area contributed by atoms with Crippen LogP contribution in [0.2, 0.25) is 5.02 Å². The van der Waals surface area contributed by atoms with Crippen LogP contribution < -0.4 is 4.74 Å². The molecule has 0 fully saturated rings. The summed E-state index contributed by atoms with van der Waals surface area (Å²) in [6.45, 7) is 4.48. The van der Waals surface area contributed by atoms with Crippen LogP contribution in [0.15, 0.2) is 60.3 Å². The Kier molecular flexibility index (Phi) is 6.69. The number of ether oxygens (including phenoxy) is 1. The molecule has 8 heteroatoms. The lowest BCUT2D eigenvalue weighted by molar-refractivity contribution is 0.289. The Balaban J connectivity index is 1.72. The zero-order valence-electron chi connectivity index (χ0n) is 14.8. The number of aromatic nitrogens is 3. The molecule has 2 aromatic carbocycles. The maximum absolute atomic E-state index is 14.0. The first-order valence-electron chi connectivity index (χ1n) is 8.33. The van der Waals surface area contributed by atoms with Crippen LogP contribution in [0.4, 0.5) is 4.39 Å². The van der Waals surface area contributed by atoms with Crippen molar-refractivity contribution in [1.82, 2.24) is 14.8 Å². The van der Waals surface area contributed by atoms with Crippen molar-refractivity contribution in [3.63, 3.8) is 0 Å². The maximum atomic E-state index is 14.0. The van der Waals surface area contributed by atoms with Gasteiger partial charge in [0.25, 0.3) is 0 Å². The molecule has 0 saturated carbocycles. The molecule has 0 aliphatic heterocycles. The Morgan fingerprint density at radius 2 is 2.04 bits per heavy atom. The Hall–Kier alpha value is -2.82. The maximum Gasteiger partial charge on any atom is 0.191 e. The highest BCUT2D eigenvalue weighted by molar-refractivity contribution is 7.98. The predicted molar refractivity (Wildman–Crippen MR) is 107 cm³/mol. The van der Waals surface area contributed by atoms with E-state index >= 15 is 0 Å². The van der Waals surface area contributed by atoms with Gasteiger partial charge in [-0.25, -0.2) is 4.39 Å². The molecule has 0 amide bonds. The lowest BCUT2D eigenvalue weighted by Gasteiger charge is -2.09. The number of halogens is 2. The molecule has 0 spiro atoms. The fourth-order valence-electron chi connectivity index (χ4n) is 2.42. The van der Waals surface area contributed by atoms with Crippen LogP contribution in [0.1, 0.15) is 17.0 Å². The molecule has 142 valence electrons. The highest BCUT2D eigenvalue weighted by Crippen LogP contribution is 2.25.